The van der Waals surface area contributed by atoms with Crippen LogP contribution in [0.2, 0.25) is 0 Å². The number of methoxy groups -OCH3 is 1. The summed E-state index contributed by atoms with van der Waals surface area (Å²) in [5, 5.41) is 0. The van der Waals surface area contributed by atoms with Crippen LogP contribution < -0.4 is 9.47 Å². The van der Waals surface area contributed by atoms with Crippen molar-refractivity contribution in [3.8, 4) is 11.5 Å². The van der Waals surface area contributed by atoms with Crippen LogP contribution in [0.25, 0.3) is 0 Å². The minimum Gasteiger partial charge on any atom is -0.496 e. The molecule has 1 saturated carbocycles. The highest BCUT2D eigenvalue weighted by molar-refractivity contribution is 5.81. The summed E-state index contributed by atoms with van der Waals surface area (Å²) in [6.45, 7) is 6.55. The third-order valence-electron chi connectivity index (χ3n) is 5.76. The van der Waals surface area contributed by atoms with E-state index in [1.54, 1.807) is 7.11 Å². The van der Waals surface area contributed by atoms with E-state index in [9.17, 15) is 4.79 Å². The summed E-state index contributed by atoms with van der Waals surface area (Å²) in [4.78, 5) is 12.1. The molecule has 1 fully saturated rings. The molecule has 24 heavy (non-hydrogen) atoms. The van der Waals surface area contributed by atoms with Crippen LogP contribution in [0.5, 0.6) is 11.5 Å². The molecular formula is C21H30O3. The van der Waals surface area contributed by atoms with Crippen molar-refractivity contribution in [2.45, 2.75) is 77.2 Å². The van der Waals surface area contributed by atoms with Gasteiger partial charge in [-0.2, -0.15) is 0 Å². The first kappa shape index (κ1) is 17.3. The number of carbonyl (C=O) groups excluding carboxylic acids is 1. The van der Waals surface area contributed by atoms with Gasteiger partial charge in [-0.05, 0) is 50.8 Å². The summed E-state index contributed by atoms with van der Waals surface area (Å²) in [5.41, 5.74) is 2.16. The molecule has 1 aliphatic heterocycles. The van der Waals surface area contributed by atoms with Crippen LogP contribution in [-0.4, -0.2) is 18.5 Å². The van der Waals surface area contributed by atoms with E-state index in [0.29, 0.717) is 24.5 Å². The number of ketones is 1. The summed E-state index contributed by atoms with van der Waals surface area (Å²) >= 11 is 0. The molecule has 132 valence electrons. The Bertz CT molecular complexity index is 618. The summed E-state index contributed by atoms with van der Waals surface area (Å²) in [6, 6.07) is 4.34. The standard InChI is InChI=1S/C21H30O3/c1-5-6-7-8-14-11-18(23-4)20-16-13-15(22)9-10-17(16)21(2,3)24-19(20)12-14/h11-12,16-17H,5-10,13H2,1-4H3/t16-,17-/m1/s1. The van der Waals surface area contributed by atoms with E-state index in [1.165, 1.54) is 24.8 Å². The van der Waals surface area contributed by atoms with Gasteiger partial charge in [0, 0.05) is 30.2 Å². The molecule has 3 rings (SSSR count). The molecule has 0 aromatic heterocycles. The Morgan fingerprint density at radius 2 is 2.08 bits per heavy atom. The fourth-order valence-corrected chi connectivity index (χ4v) is 4.50. The molecule has 0 amide bonds. The number of carbonyl (C=O) groups is 1. The summed E-state index contributed by atoms with van der Waals surface area (Å²) in [7, 11) is 1.73. The SMILES string of the molecule is CCCCCc1cc(OC)c2c(c1)OC(C)(C)[C@@H]1CCC(=O)C[C@@H]21. The average Bonchev–Trinajstić information content (AvgIpc) is 2.53. The van der Waals surface area contributed by atoms with Crippen LogP contribution in [0.15, 0.2) is 12.1 Å². The number of hydrogen-bond acceptors (Lipinski definition) is 3. The number of rotatable bonds is 5. The maximum atomic E-state index is 12.1. The molecule has 0 radical (unpaired) electrons. The van der Waals surface area contributed by atoms with Gasteiger partial charge in [-0.25, -0.2) is 0 Å². The Kier molecular flexibility index (Phi) is 4.89. The van der Waals surface area contributed by atoms with Gasteiger partial charge < -0.3 is 9.47 Å². The quantitative estimate of drug-likeness (QED) is 0.709. The molecular weight excluding hydrogens is 300 g/mol. The lowest BCUT2D eigenvalue weighted by molar-refractivity contribution is -0.124. The van der Waals surface area contributed by atoms with Gasteiger partial charge in [0.25, 0.3) is 0 Å². The third-order valence-corrected chi connectivity index (χ3v) is 5.76. The highest BCUT2D eigenvalue weighted by Crippen LogP contribution is 2.54. The van der Waals surface area contributed by atoms with Gasteiger partial charge >= 0.3 is 0 Å². The van der Waals surface area contributed by atoms with E-state index < -0.39 is 0 Å². The zero-order valence-electron chi connectivity index (χ0n) is 15.5. The Hall–Kier alpha value is -1.51. The van der Waals surface area contributed by atoms with Crippen LogP contribution in [-0.2, 0) is 11.2 Å². The molecule has 3 heteroatoms. The fraction of sp³-hybridized carbons (Fsp3) is 0.667. The molecule has 0 bridgehead atoms. The number of Topliss-reactive ketones (excluding diaryl/α,β-unsaturated/α-hetero) is 1. The number of unbranched alkanes of at least 4 members (excludes halogenated alkanes) is 2. The second-order valence-corrected chi connectivity index (χ2v) is 7.87. The van der Waals surface area contributed by atoms with E-state index in [2.05, 4.69) is 32.9 Å². The zero-order valence-corrected chi connectivity index (χ0v) is 15.5. The Morgan fingerprint density at radius 3 is 2.79 bits per heavy atom. The summed E-state index contributed by atoms with van der Waals surface area (Å²) < 4.78 is 12.1. The molecule has 1 heterocycles. The van der Waals surface area contributed by atoms with Crippen molar-refractivity contribution < 1.29 is 14.3 Å². The number of benzene rings is 1. The van der Waals surface area contributed by atoms with Gasteiger partial charge in [-0.3, -0.25) is 4.79 Å². The van der Waals surface area contributed by atoms with Gasteiger partial charge in [-0.1, -0.05) is 19.8 Å². The highest BCUT2D eigenvalue weighted by Gasteiger charge is 2.47. The number of ether oxygens (including phenoxy) is 2. The number of aryl methyl sites for hydroxylation is 1. The van der Waals surface area contributed by atoms with Crippen LogP contribution in [0.3, 0.4) is 0 Å². The fourth-order valence-electron chi connectivity index (χ4n) is 4.50. The zero-order chi connectivity index (χ0) is 17.3. The highest BCUT2D eigenvalue weighted by atomic mass is 16.5. The first-order valence-corrected chi connectivity index (χ1v) is 9.37. The maximum absolute atomic E-state index is 12.1. The normalized spacial score (nSPS) is 24.8. The second kappa shape index (κ2) is 6.78. The van der Waals surface area contributed by atoms with E-state index in [0.717, 1.165) is 29.9 Å². The molecule has 0 spiro atoms. The maximum Gasteiger partial charge on any atom is 0.133 e. The van der Waals surface area contributed by atoms with Crippen molar-refractivity contribution in [3.63, 3.8) is 0 Å². The Labute approximate surface area is 145 Å². The first-order valence-electron chi connectivity index (χ1n) is 9.37. The Balaban J connectivity index is 2.00. The van der Waals surface area contributed by atoms with Crippen molar-refractivity contribution in [1.82, 2.24) is 0 Å². The smallest absolute Gasteiger partial charge is 0.133 e. The van der Waals surface area contributed by atoms with E-state index in [-0.39, 0.29) is 11.5 Å². The summed E-state index contributed by atoms with van der Waals surface area (Å²) in [5.74, 6) is 2.81. The average molecular weight is 330 g/mol. The first-order chi connectivity index (χ1) is 11.5. The minimum atomic E-state index is -0.231. The van der Waals surface area contributed by atoms with Crippen molar-refractivity contribution in [2.24, 2.45) is 5.92 Å². The van der Waals surface area contributed by atoms with Crippen molar-refractivity contribution >= 4 is 5.78 Å². The lowest BCUT2D eigenvalue weighted by Crippen LogP contribution is -2.47. The molecule has 0 N–H and O–H groups in total. The van der Waals surface area contributed by atoms with E-state index >= 15 is 0 Å². The van der Waals surface area contributed by atoms with Gasteiger partial charge in [0.2, 0.25) is 0 Å². The largest absolute Gasteiger partial charge is 0.496 e. The molecule has 1 aliphatic carbocycles. The summed E-state index contributed by atoms with van der Waals surface area (Å²) in [6.07, 6.45) is 6.91. The molecule has 0 unspecified atom stereocenters. The predicted octanol–water partition coefficient (Wildman–Crippen LogP) is 5.05. The molecule has 2 atom stereocenters. The molecule has 1 aromatic carbocycles. The van der Waals surface area contributed by atoms with Crippen molar-refractivity contribution in [2.75, 3.05) is 7.11 Å². The van der Waals surface area contributed by atoms with Crippen molar-refractivity contribution in [1.29, 1.82) is 0 Å². The topological polar surface area (TPSA) is 35.5 Å². The third kappa shape index (κ3) is 3.18. The van der Waals surface area contributed by atoms with Crippen LogP contribution >= 0.6 is 0 Å². The van der Waals surface area contributed by atoms with Gasteiger partial charge in [0.1, 0.15) is 22.9 Å². The molecule has 1 aromatic rings. The molecule has 0 saturated heterocycles. The number of fused-ring (bicyclic) bond motifs is 3. The van der Waals surface area contributed by atoms with Crippen LogP contribution in [0.4, 0.5) is 0 Å². The molecule has 3 nitrogen and oxygen atoms in total. The second-order valence-electron chi connectivity index (χ2n) is 7.87. The lowest BCUT2D eigenvalue weighted by atomic mass is 9.66. The van der Waals surface area contributed by atoms with Crippen molar-refractivity contribution in [3.05, 3.63) is 23.3 Å². The van der Waals surface area contributed by atoms with Gasteiger partial charge in [0.05, 0.1) is 7.11 Å². The van der Waals surface area contributed by atoms with E-state index in [4.69, 9.17) is 9.47 Å². The van der Waals surface area contributed by atoms with Gasteiger partial charge in [-0.15, -0.1) is 0 Å². The Morgan fingerprint density at radius 1 is 1.29 bits per heavy atom. The van der Waals surface area contributed by atoms with E-state index in [1.807, 2.05) is 0 Å². The van der Waals surface area contributed by atoms with Gasteiger partial charge in [0.15, 0.2) is 0 Å². The van der Waals surface area contributed by atoms with Crippen LogP contribution in [0, 0.1) is 5.92 Å². The monoisotopic (exact) mass is 330 g/mol. The minimum absolute atomic E-state index is 0.227. The number of hydrogen-bond donors (Lipinski definition) is 0. The van der Waals surface area contributed by atoms with Crippen LogP contribution in [0.1, 0.15) is 76.3 Å². The lowest BCUT2D eigenvalue weighted by Gasteiger charge is -2.47. The molecule has 2 aliphatic rings. The predicted molar refractivity (Wildman–Crippen MR) is 96.0 cm³/mol.